The fourth-order valence-electron chi connectivity index (χ4n) is 2.84. The molecule has 22 heavy (non-hydrogen) atoms. The molecule has 0 amide bonds. The number of Topliss-reactive ketones (excluding diaryl/α,β-unsaturated/α-hetero) is 2. The van der Waals surface area contributed by atoms with Crippen LogP contribution in [-0.2, 0) is 0 Å². The summed E-state index contributed by atoms with van der Waals surface area (Å²) in [6.07, 6.45) is 0.207. The Kier molecular flexibility index (Phi) is 3.80. The second-order valence-electron chi connectivity index (χ2n) is 5.63. The maximum Gasteiger partial charge on any atom is 0.181 e. The number of hydrogen-bond donors (Lipinski definition) is 0. The Balaban J connectivity index is 1.99. The lowest BCUT2D eigenvalue weighted by Crippen LogP contribution is -2.42. The van der Waals surface area contributed by atoms with E-state index in [9.17, 15) is 9.59 Å². The van der Waals surface area contributed by atoms with Gasteiger partial charge in [0.05, 0.1) is 5.56 Å². The highest BCUT2D eigenvalue weighted by Crippen LogP contribution is 2.33. The van der Waals surface area contributed by atoms with Crippen LogP contribution in [0.5, 0.6) is 5.75 Å². The Morgan fingerprint density at radius 1 is 1.09 bits per heavy atom. The predicted octanol–water partition coefficient (Wildman–Crippen LogP) is 3.85. The number of carbonyl (C=O) groups is 2. The van der Waals surface area contributed by atoms with E-state index in [0.29, 0.717) is 23.3 Å². The summed E-state index contributed by atoms with van der Waals surface area (Å²) in [5, 5.41) is 0. The van der Waals surface area contributed by atoms with E-state index in [4.69, 9.17) is 4.74 Å². The van der Waals surface area contributed by atoms with E-state index in [1.54, 1.807) is 30.3 Å². The van der Waals surface area contributed by atoms with Crippen LogP contribution in [-0.4, -0.2) is 17.7 Å². The van der Waals surface area contributed by atoms with Crippen LogP contribution in [0.1, 0.15) is 39.6 Å². The lowest BCUT2D eigenvalue weighted by molar-refractivity contribution is 0.0565. The van der Waals surface area contributed by atoms with Crippen molar-refractivity contribution in [1.29, 1.82) is 0 Å². The van der Waals surface area contributed by atoms with Crippen molar-refractivity contribution < 1.29 is 14.3 Å². The molecule has 1 aliphatic rings. The zero-order valence-corrected chi connectivity index (χ0v) is 12.7. The van der Waals surface area contributed by atoms with Gasteiger partial charge in [0.1, 0.15) is 17.8 Å². The molecule has 3 rings (SSSR count). The van der Waals surface area contributed by atoms with Gasteiger partial charge in [-0.25, -0.2) is 0 Å². The van der Waals surface area contributed by atoms with E-state index in [1.807, 2.05) is 32.0 Å². The van der Waals surface area contributed by atoms with Crippen molar-refractivity contribution >= 4 is 11.6 Å². The van der Waals surface area contributed by atoms with Crippen molar-refractivity contribution in [2.24, 2.45) is 5.92 Å². The standard InChI is InChI=1S/C19H18O3/c1-3-15-17(18(20)13-10-8-12(2)9-11-13)19(21)14-6-4-5-7-16(14)22-15/h4-11,15,17H,3H2,1-2H3/t15-,17?/m0/s1. The molecule has 1 heterocycles. The van der Waals surface area contributed by atoms with E-state index in [1.165, 1.54) is 0 Å². The normalized spacial score (nSPS) is 20.2. The van der Waals surface area contributed by atoms with Gasteiger partial charge < -0.3 is 4.74 Å². The molecule has 3 heteroatoms. The van der Waals surface area contributed by atoms with Gasteiger partial charge in [0.15, 0.2) is 11.6 Å². The minimum absolute atomic E-state index is 0.140. The molecule has 0 N–H and O–H groups in total. The number of ether oxygens (including phenoxy) is 1. The van der Waals surface area contributed by atoms with Crippen LogP contribution in [0.2, 0.25) is 0 Å². The first-order chi connectivity index (χ1) is 10.6. The van der Waals surface area contributed by atoms with E-state index in [-0.39, 0.29) is 11.6 Å². The second-order valence-corrected chi connectivity index (χ2v) is 5.63. The van der Waals surface area contributed by atoms with Crippen LogP contribution < -0.4 is 4.74 Å². The molecule has 0 radical (unpaired) electrons. The van der Waals surface area contributed by atoms with Gasteiger partial charge in [-0.05, 0) is 25.5 Å². The quantitative estimate of drug-likeness (QED) is 0.638. The van der Waals surface area contributed by atoms with Gasteiger partial charge >= 0.3 is 0 Å². The fourth-order valence-corrected chi connectivity index (χ4v) is 2.84. The molecule has 0 fully saturated rings. The SMILES string of the molecule is CC[C@@H]1Oc2ccccc2C(=O)C1C(=O)c1ccc(C)cc1. The molecule has 1 aliphatic heterocycles. The van der Waals surface area contributed by atoms with Crippen LogP contribution in [0.25, 0.3) is 0 Å². The number of rotatable bonds is 3. The zero-order valence-electron chi connectivity index (χ0n) is 12.7. The summed E-state index contributed by atoms with van der Waals surface area (Å²) < 4.78 is 5.89. The maximum absolute atomic E-state index is 12.8. The summed E-state index contributed by atoms with van der Waals surface area (Å²) in [5.41, 5.74) is 2.14. The maximum atomic E-state index is 12.8. The number of benzene rings is 2. The molecule has 0 aromatic heterocycles. The number of aryl methyl sites for hydroxylation is 1. The van der Waals surface area contributed by atoms with Gasteiger partial charge in [0.2, 0.25) is 0 Å². The molecule has 3 nitrogen and oxygen atoms in total. The zero-order chi connectivity index (χ0) is 15.7. The number of hydrogen-bond acceptors (Lipinski definition) is 3. The molecule has 0 aliphatic carbocycles. The number of carbonyl (C=O) groups excluding carboxylic acids is 2. The lowest BCUT2D eigenvalue weighted by atomic mass is 9.82. The van der Waals surface area contributed by atoms with E-state index >= 15 is 0 Å². The summed E-state index contributed by atoms with van der Waals surface area (Å²) in [5.74, 6) is -0.486. The Bertz CT molecular complexity index is 716. The monoisotopic (exact) mass is 294 g/mol. The summed E-state index contributed by atoms with van der Waals surface area (Å²) >= 11 is 0. The first-order valence-electron chi connectivity index (χ1n) is 7.52. The molecule has 0 saturated heterocycles. The molecular formula is C19H18O3. The largest absolute Gasteiger partial charge is 0.488 e. The molecule has 2 atom stereocenters. The van der Waals surface area contributed by atoms with Gasteiger partial charge in [-0.3, -0.25) is 9.59 Å². The van der Waals surface area contributed by atoms with Crippen LogP contribution in [0.15, 0.2) is 48.5 Å². The number of fused-ring (bicyclic) bond motifs is 1. The molecule has 0 bridgehead atoms. The Labute approximate surface area is 129 Å². The molecule has 1 unspecified atom stereocenters. The fraction of sp³-hybridized carbons (Fsp3) is 0.263. The lowest BCUT2D eigenvalue weighted by Gasteiger charge is -2.31. The van der Waals surface area contributed by atoms with Gasteiger partial charge in [0.25, 0.3) is 0 Å². The van der Waals surface area contributed by atoms with Gasteiger partial charge in [-0.1, -0.05) is 48.9 Å². The van der Waals surface area contributed by atoms with Crippen LogP contribution in [0.3, 0.4) is 0 Å². The Morgan fingerprint density at radius 3 is 2.45 bits per heavy atom. The molecule has 112 valence electrons. The highest BCUT2D eigenvalue weighted by atomic mass is 16.5. The third kappa shape index (κ3) is 2.43. The Hall–Kier alpha value is -2.42. The minimum atomic E-state index is -0.761. The number of para-hydroxylation sites is 1. The smallest absolute Gasteiger partial charge is 0.181 e. The first kappa shape index (κ1) is 14.5. The average Bonchev–Trinajstić information content (AvgIpc) is 2.55. The molecule has 2 aromatic carbocycles. The van der Waals surface area contributed by atoms with E-state index < -0.39 is 12.0 Å². The molecule has 0 saturated carbocycles. The molecule has 2 aromatic rings. The summed E-state index contributed by atoms with van der Waals surface area (Å²) in [4.78, 5) is 25.6. The van der Waals surface area contributed by atoms with Gasteiger partial charge in [0, 0.05) is 5.56 Å². The third-order valence-electron chi connectivity index (χ3n) is 4.11. The second kappa shape index (κ2) is 5.76. The summed E-state index contributed by atoms with van der Waals surface area (Å²) in [6.45, 7) is 3.90. The van der Waals surface area contributed by atoms with Crippen LogP contribution in [0, 0.1) is 12.8 Å². The number of ketones is 2. The van der Waals surface area contributed by atoms with E-state index in [2.05, 4.69) is 0 Å². The molecular weight excluding hydrogens is 276 g/mol. The highest BCUT2D eigenvalue weighted by molar-refractivity contribution is 6.18. The van der Waals surface area contributed by atoms with Crippen molar-refractivity contribution in [1.82, 2.24) is 0 Å². The van der Waals surface area contributed by atoms with Gasteiger partial charge in [-0.15, -0.1) is 0 Å². The van der Waals surface area contributed by atoms with Crippen molar-refractivity contribution in [3.8, 4) is 5.75 Å². The van der Waals surface area contributed by atoms with Crippen molar-refractivity contribution in [3.63, 3.8) is 0 Å². The summed E-state index contributed by atoms with van der Waals surface area (Å²) in [6, 6.07) is 14.4. The predicted molar refractivity (Wildman–Crippen MR) is 84.5 cm³/mol. The Morgan fingerprint density at radius 2 is 1.77 bits per heavy atom. The van der Waals surface area contributed by atoms with Crippen molar-refractivity contribution in [2.45, 2.75) is 26.4 Å². The average molecular weight is 294 g/mol. The van der Waals surface area contributed by atoms with Crippen molar-refractivity contribution in [3.05, 3.63) is 65.2 Å². The minimum Gasteiger partial charge on any atom is -0.488 e. The highest BCUT2D eigenvalue weighted by Gasteiger charge is 2.41. The topological polar surface area (TPSA) is 43.4 Å². The van der Waals surface area contributed by atoms with Crippen LogP contribution >= 0.6 is 0 Å². The third-order valence-corrected chi connectivity index (χ3v) is 4.11. The molecule has 0 spiro atoms. The van der Waals surface area contributed by atoms with Gasteiger partial charge in [-0.2, -0.15) is 0 Å². The van der Waals surface area contributed by atoms with E-state index in [0.717, 1.165) is 5.56 Å². The first-order valence-corrected chi connectivity index (χ1v) is 7.52. The summed E-state index contributed by atoms with van der Waals surface area (Å²) in [7, 11) is 0. The van der Waals surface area contributed by atoms with Crippen molar-refractivity contribution in [2.75, 3.05) is 0 Å². The van der Waals surface area contributed by atoms with Crippen LogP contribution in [0.4, 0.5) is 0 Å².